The highest BCUT2D eigenvalue weighted by atomic mass is 19.3. The predicted octanol–water partition coefficient (Wildman–Crippen LogP) is 4.76. The first-order chi connectivity index (χ1) is 12.9. The maximum Gasteiger partial charge on any atom is 0.253 e. The van der Waals surface area contributed by atoms with Gasteiger partial charge in [0.15, 0.2) is 0 Å². The minimum Gasteiger partial charge on any atom is -0.346 e. The number of carbonyl (C=O) groups excluding carboxylic acids is 1. The molecule has 0 aliphatic rings. The van der Waals surface area contributed by atoms with E-state index in [4.69, 9.17) is 0 Å². The average molecular weight is 372 g/mol. The van der Waals surface area contributed by atoms with Crippen LogP contribution in [-0.4, -0.2) is 22.9 Å². The van der Waals surface area contributed by atoms with Gasteiger partial charge in [-0.05, 0) is 31.0 Å². The van der Waals surface area contributed by atoms with E-state index in [1.54, 1.807) is 13.0 Å². The summed E-state index contributed by atoms with van der Waals surface area (Å²) in [6.07, 6.45) is -1.53. The van der Waals surface area contributed by atoms with Gasteiger partial charge in [-0.25, -0.2) is 13.2 Å². The topological polar surface area (TPSA) is 42.0 Å². The number of alkyl halides is 2. The van der Waals surface area contributed by atoms with E-state index >= 15 is 0 Å². The van der Waals surface area contributed by atoms with E-state index in [0.29, 0.717) is 5.39 Å². The van der Waals surface area contributed by atoms with Gasteiger partial charge >= 0.3 is 0 Å². The molecule has 0 bridgehead atoms. The smallest absolute Gasteiger partial charge is 0.253 e. The van der Waals surface area contributed by atoms with Crippen LogP contribution in [0.25, 0.3) is 10.9 Å². The first kappa shape index (κ1) is 18.9. The number of para-hydroxylation sites is 1. The standard InChI is InChI=1S/C21H19F3N2O/c1-21(12-18(23)24,11-14-6-3-2-4-7-14)26-20(27)16-10-15-8-5-9-17(22)19(15)25-13-16/h2-10,13,18H,11-12H2,1H3,(H,26,27)/t21-/m0/s1. The first-order valence-corrected chi connectivity index (χ1v) is 8.55. The molecule has 1 atom stereocenters. The third kappa shape index (κ3) is 4.64. The fourth-order valence-corrected chi connectivity index (χ4v) is 3.15. The van der Waals surface area contributed by atoms with E-state index in [1.807, 2.05) is 30.3 Å². The lowest BCUT2D eigenvalue weighted by molar-refractivity contribution is 0.0768. The Hall–Kier alpha value is -2.89. The minimum atomic E-state index is -2.57. The van der Waals surface area contributed by atoms with Crippen molar-refractivity contribution in [1.82, 2.24) is 10.3 Å². The van der Waals surface area contributed by atoms with Crippen molar-refractivity contribution in [1.29, 1.82) is 0 Å². The number of carbonyl (C=O) groups is 1. The molecule has 1 amide bonds. The summed E-state index contributed by atoms with van der Waals surface area (Å²) >= 11 is 0. The highest BCUT2D eigenvalue weighted by molar-refractivity contribution is 5.97. The molecule has 0 fully saturated rings. The summed E-state index contributed by atoms with van der Waals surface area (Å²) in [4.78, 5) is 16.7. The molecule has 3 rings (SSSR count). The second-order valence-corrected chi connectivity index (χ2v) is 6.81. The Kier molecular flexibility index (Phi) is 5.44. The number of nitrogens with zero attached hydrogens (tertiary/aromatic N) is 1. The van der Waals surface area contributed by atoms with E-state index in [-0.39, 0.29) is 17.5 Å². The SMILES string of the molecule is C[C@](Cc1ccccc1)(CC(F)F)NC(=O)c1cnc2c(F)cccc2c1. The summed E-state index contributed by atoms with van der Waals surface area (Å²) in [6.45, 7) is 1.60. The van der Waals surface area contributed by atoms with Crippen molar-refractivity contribution in [2.24, 2.45) is 0 Å². The summed E-state index contributed by atoms with van der Waals surface area (Å²) in [5.41, 5.74) is 0.0683. The Morgan fingerprint density at radius 2 is 1.89 bits per heavy atom. The molecule has 6 heteroatoms. The molecule has 0 unspecified atom stereocenters. The molecule has 0 spiro atoms. The number of aromatic nitrogens is 1. The summed E-state index contributed by atoms with van der Waals surface area (Å²) in [5.74, 6) is -1.00. The van der Waals surface area contributed by atoms with Crippen LogP contribution >= 0.6 is 0 Å². The Labute approximate surface area is 155 Å². The molecule has 3 aromatic rings. The molecule has 27 heavy (non-hydrogen) atoms. The van der Waals surface area contributed by atoms with Crippen LogP contribution in [-0.2, 0) is 6.42 Å². The van der Waals surface area contributed by atoms with E-state index < -0.39 is 30.1 Å². The van der Waals surface area contributed by atoms with Crippen LogP contribution in [0.15, 0.2) is 60.8 Å². The molecule has 2 aromatic carbocycles. The van der Waals surface area contributed by atoms with Gasteiger partial charge in [-0.15, -0.1) is 0 Å². The van der Waals surface area contributed by atoms with Crippen molar-refractivity contribution in [2.45, 2.75) is 31.7 Å². The Bertz CT molecular complexity index is 947. The highest BCUT2D eigenvalue weighted by Crippen LogP contribution is 2.23. The number of nitrogens with one attached hydrogen (secondary N) is 1. The number of amides is 1. The van der Waals surface area contributed by atoms with Crippen molar-refractivity contribution in [3.8, 4) is 0 Å². The molecule has 0 aliphatic heterocycles. The van der Waals surface area contributed by atoms with Crippen molar-refractivity contribution in [3.05, 3.63) is 77.7 Å². The fraction of sp³-hybridized carbons (Fsp3) is 0.238. The zero-order valence-corrected chi connectivity index (χ0v) is 14.8. The number of halogens is 3. The lowest BCUT2D eigenvalue weighted by Gasteiger charge is -2.31. The average Bonchev–Trinajstić information content (AvgIpc) is 2.61. The van der Waals surface area contributed by atoms with Crippen LogP contribution < -0.4 is 5.32 Å². The van der Waals surface area contributed by atoms with Gasteiger partial charge in [0.05, 0.1) is 5.56 Å². The third-order valence-corrected chi connectivity index (χ3v) is 4.38. The zero-order chi connectivity index (χ0) is 19.4. The Morgan fingerprint density at radius 3 is 2.59 bits per heavy atom. The van der Waals surface area contributed by atoms with Crippen molar-refractivity contribution >= 4 is 16.8 Å². The summed E-state index contributed by atoms with van der Waals surface area (Å²) in [7, 11) is 0. The third-order valence-electron chi connectivity index (χ3n) is 4.38. The van der Waals surface area contributed by atoms with Gasteiger partial charge < -0.3 is 5.32 Å². The summed E-state index contributed by atoms with van der Waals surface area (Å²) < 4.78 is 40.0. The normalized spacial score (nSPS) is 13.5. The van der Waals surface area contributed by atoms with Crippen LogP contribution in [0.1, 0.15) is 29.3 Å². The van der Waals surface area contributed by atoms with Crippen LogP contribution in [0.5, 0.6) is 0 Å². The van der Waals surface area contributed by atoms with Gasteiger partial charge in [0.2, 0.25) is 6.43 Å². The number of hydrogen-bond acceptors (Lipinski definition) is 2. The van der Waals surface area contributed by atoms with Crippen LogP contribution in [0, 0.1) is 5.82 Å². The number of benzene rings is 2. The van der Waals surface area contributed by atoms with Crippen molar-refractivity contribution in [3.63, 3.8) is 0 Å². The largest absolute Gasteiger partial charge is 0.346 e. The van der Waals surface area contributed by atoms with Gasteiger partial charge in [0.25, 0.3) is 5.91 Å². The summed E-state index contributed by atoms with van der Waals surface area (Å²) in [6, 6.07) is 15.1. The monoisotopic (exact) mass is 372 g/mol. The Balaban J connectivity index is 1.85. The second kappa shape index (κ2) is 7.78. The second-order valence-electron chi connectivity index (χ2n) is 6.81. The van der Waals surface area contributed by atoms with Gasteiger partial charge in [-0.3, -0.25) is 9.78 Å². The van der Waals surface area contributed by atoms with E-state index in [1.165, 1.54) is 24.4 Å². The highest BCUT2D eigenvalue weighted by Gasteiger charge is 2.31. The molecule has 3 nitrogen and oxygen atoms in total. The quantitative estimate of drug-likeness (QED) is 0.678. The van der Waals surface area contributed by atoms with E-state index in [9.17, 15) is 18.0 Å². The molecule has 1 aromatic heterocycles. The zero-order valence-electron chi connectivity index (χ0n) is 14.8. The Morgan fingerprint density at radius 1 is 1.15 bits per heavy atom. The molecule has 140 valence electrons. The molecule has 1 heterocycles. The maximum atomic E-state index is 13.7. The molecule has 1 N–H and O–H groups in total. The fourth-order valence-electron chi connectivity index (χ4n) is 3.15. The van der Waals surface area contributed by atoms with Crippen LogP contribution in [0.3, 0.4) is 0 Å². The number of hydrogen-bond donors (Lipinski definition) is 1. The molecule has 0 aliphatic carbocycles. The molecular formula is C21H19F3N2O. The predicted molar refractivity (Wildman–Crippen MR) is 98.3 cm³/mol. The van der Waals surface area contributed by atoms with Gasteiger partial charge in [0, 0.05) is 23.5 Å². The van der Waals surface area contributed by atoms with Crippen LogP contribution in [0.4, 0.5) is 13.2 Å². The number of fused-ring (bicyclic) bond motifs is 1. The van der Waals surface area contributed by atoms with Gasteiger partial charge in [-0.2, -0.15) is 0 Å². The molecule has 0 radical (unpaired) electrons. The van der Waals surface area contributed by atoms with Crippen molar-refractivity contribution in [2.75, 3.05) is 0 Å². The lowest BCUT2D eigenvalue weighted by atomic mass is 9.89. The van der Waals surface area contributed by atoms with Gasteiger partial charge in [-0.1, -0.05) is 42.5 Å². The number of rotatable bonds is 6. The van der Waals surface area contributed by atoms with Crippen LogP contribution in [0.2, 0.25) is 0 Å². The van der Waals surface area contributed by atoms with Gasteiger partial charge in [0.1, 0.15) is 11.3 Å². The maximum absolute atomic E-state index is 13.7. The molecule has 0 saturated heterocycles. The summed E-state index contributed by atoms with van der Waals surface area (Å²) in [5, 5.41) is 3.19. The minimum absolute atomic E-state index is 0.161. The molecule has 0 saturated carbocycles. The lowest BCUT2D eigenvalue weighted by Crippen LogP contribution is -2.49. The van der Waals surface area contributed by atoms with E-state index in [2.05, 4.69) is 10.3 Å². The number of pyridine rings is 1. The van der Waals surface area contributed by atoms with E-state index in [0.717, 1.165) is 5.56 Å². The molecular weight excluding hydrogens is 353 g/mol. The van der Waals surface area contributed by atoms with Crippen molar-refractivity contribution < 1.29 is 18.0 Å². The first-order valence-electron chi connectivity index (χ1n) is 8.55.